The average molecular weight is 313 g/mol. The molecule has 4 nitrogen and oxygen atoms in total. The molecule has 2 rings (SSSR count). The van der Waals surface area contributed by atoms with Gasteiger partial charge in [0, 0.05) is 26.2 Å². The fraction of sp³-hybridized carbons (Fsp3) is 0.417. The van der Waals surface area contributed by atoms with Crippen molar-refractivity contribution in [2.45, 2.75) is 0 Å². The van der Waals surface area contributed by atoms with Crippen molar-refractivity contribution in [1.29, 1.82) is 5.26 Å². The largest absolute Gasteiger partial charge is 0.316 e. The second-order valence-electron chi connectivity index (χ2n) is 4.30. The molecule has 1 saturated heterocycles. The second kappa shape index (κ2) is 5.65. The number of hydrogen-bond acceptors (Lipinski definition) is 4. The highest BCUT2D eigenvalue weighted by atomic mass is 79.9. The zero-order valence-corrected chi connectivity index (χ0v) is 11.7. The van der Waals surface area contributed by atoms with Crippen LogP contribution in [0.25, 0.3) is 0 Å². The van der Waals surface area contributed by atoms with Crippen LogP contribution in [-0.2, 0) is 0 Å². The predicted molar refractivity (Wildman–Crippen MR) is 71.5 cm³/mol. The third-order valence-electron chi connectivity index (χ3n) is 2.98. The van der Waals surface area contributed by atoms with E-state index in [1.807, 2.05) is 11.1 Å². The summed E-state index contributed by atoms with van der Waals surface area (Å²) >= 11 is 3.10. The molecule has 1 aliphatic rings. The van der Waals surface area contributed by atoms with Crippen molar-refractivity contribution in [2.75, 3.05) is 38.7 Å². The van der Waals surface area contributed by atoms with Crippen LogP contribution >= 0.6 is 15.9 Å². The molecule has 6 heteroatoms. The molecule has 0 unspecified atom stereocenters. The first-order valence-electron chi connectivity index (χ1n) is 5.70. The molecule has 0 saturated carbocycles. The van der Waals surface area contributed by atoms with Gasteiger partial charge in [0.25, 0.3) is 0 Å². The first kappa shape index (κ1) is 13.3. The van der Waals surface area contributed by atoms with Gasteiger partial charge in [-0.1, -0.05) is 0 Å². The van der Waals surface area contributed by atoms with Gasteiger partial charge in [0.05, 0.1) is 15.7 Å². The Labute approximate surface area is 114 Å². The van der Waals surface area contributed by atoms with E-state index in [0.717, 1.165) is 26.2 Å². The van der Waals surface area contributed by atoms with Gasteiger partial charge in [-0.2, -0.15) is 5.26 Å². The highest BCUT2D eigenvalue weighted by molar-refractivity contribution is 9.10. The lowest BCUT2D eigenvalue weighted by Gasteiger charge is -2.33. The van der Waals surface area contributed by atoms with Crippen molar-refractivity contribution in [3.05, 3.63) is 28.0 Å². The standard InChI is InChI=1S/C12H14BrFN4/c1-17-4-6-18(7-5-17)16-10-3-2-9(8-15)11(13)12(10)14/h2-3,16H,4-7H2,1H3. The van der Waals surface area contributed by atoms with E-state index in [2.05, 4.69) is 33.3 Å². The summed E-state index contributed by atoms with van der Waals surface area (Å²) in [6, 6.07) is 5.13. The van der Waals surface area contributed by atoms with E-state index in [9.17, 15) is 4.39 Å². The molecule has 1 aliphatic heterocycles. The highest BCUT2D eigenvalue weighted by Crippen LogP contribution is 2.26. The Kier molecular flexibility index (Phi) is 4.17. The molecule has 1 aromatic rings. The van der Waals surface area contributed by atoms with Gasteiger partial charge in [0.1, 0.15) is 6.07 Å². The molecule has 96 valence electrons. The van der Waals surface area contributed by atoms with E-state index in [1.54, 1.807) is 12.1 Å². The first-order chi connectivity index (χ1) is 8.61. The summed E-state index contributed by atoms with van der Waals surface area (Å²) < 4.78 is 14.2. The Hall–Kier alpha value is -1.16. The van der Waals surface area contributed by atoms with Gasteiger partial charge >= 0.3 is 0 Å². The van der Waals surface area contributed by atoms with Crippen molar-refractivity contribution in [1.82, 2.24) is 9.91 Å². The molecule has 1 heterocycles. The summed E-state index contributed by atoms with van der Waals surface area (Å²) in [5, 5.41) is 10.8. The van der Waals surface area contributed by atoms with Crippen LogP contribution in [0.2, 0.25) is 0 Å². The summed E-state index contributed by atoms with van der Waals surface area (Å²) in [5.41, 5.74) is 3.75. The van der Waals surface area contributed by atoms with Crippen molar-refractivity contribution < 1.29 is 4.39 Å². The van der Waals surface area contributed by atoms with Crippen LogP contribution in [0.15, 0.2) is 16.6 Å². The summed E-state index contributed by atoms with van der Waals surface area (Å²) in [6.07, 6.45) is 0. The number of hydrazine groups is 1. The molecule has 1 N–H and O–H groups in total. The number of likely N-dealkylation sites (N-methyl/N-ethyl adjacent to an activating group) is 1. The van der Waals surface area contributed by atoms with Gasteiger partial charge in [0.15, 0.2) is 5.82 Å². The Morgan fingerprint density at radius 1 is 1.33 bits per heavy atom. The number of rotatable bonds is 2. The number of nitriles is 1. The molecule has 0 spiro atoms. The summed E-state index contributed by atoms with van der Waals surface area (Å²) in [6.45, 7) is 3.58. The van der Waals surface area contributed by atoms with Gasteiger partial charge in [-0.3, -0.25) is 0 Å². The normalized spacial score (nSPS) is 17.4. The van der Waals surface area contributed by atoms with E-state index in [4.69, 9.17) is 5.26 Å². The van der Waals surface area contributed by atoms with Crippen LogP contribution in [0.4, 0.5) is 10.1 Å². The zero-order chi connectivity index (χ0) is 13.1. The number of piperazine rings is 1. The third-order valence-corrected chi connectivity index (χ3v) is 3.76. The maximum absolute atomic E-state index is 14.0. The van der Waals surface area contributed by atoms with Crippen LogP contribution in [0.5, 0.6) is 0 Å². The number of benzene rings is 1. The molecule has 1 fully saturated rings. The van der Waals surface area contributed by atoms with E-state index in [0.29, 0.717) is 11.3 Å². The van der Waals surface area contributed by atoms with Gasteiger partial charge in [-0.25, -0.2) is 9.40 Å². The van der Waals surface area contributed by atoms with Crippen molar-refractivity contribution >= 4 is 21.6 Å². The molecule has 0 aromatic heterocycles. The topological polar surface area (TPSA) is 42.3 Å². The van der Waals surface area contributed by atoms with Crippen LogP contribution in [-0.4, -0.2) is 43.1 Å². The van der Waals surface area contributed by atoms with Crippen LogP contribution in [0.1, 0.15) is 5.56 Å². The van der Waals surface area contributed by atoms with E-state index >= 15 is 0 Å². The average Bonchev–Trinajstić information content (AvgIpc) is 2.38. The molecule has 0 radical (unpaired) electrons. The molecule has 0 amide bonds. The van der Waals surface area contributed by atoms with Crippen LogP contribution in [0, 0.1) is 17.1 Å². The Morgan fingerprint density at radius 3 is 2.61 bits per heavy atom. The number of nitrogens with one attached hydrogen (secondary N) is 1. The minimum atomic E-state index is -0.423. The maximum Gasteiger partial charge on any atom is 0.163 e. The number of hydrogen-bond donors (Lipinski definition) is 1. The van der Waals surface area contributed by atoms with Crippen molar-refractivity contribution in [2.24, 2.45) is 0 Å². The van der Waals surface area contributed by atoms with Gasteiger partial charge in [-0.05, 0) is 35.1 Å². The summed E-state index contributed by atoms with van der Waals surface area (Å²) in [5.74, 6) is -0.423. The molecular formula is C12H14BrFN4. The van der Waals surface area contributed by atoms with Gasteiger partial charge in [0.2, 0.25) is 0 Å². The summed E-state index contributed by atoms with van der Waals surface area (Å²) in [7, 11) is 2.07. The van der Waals surface area contributed by atoms with Crippen molar-refractivity contribution in [3.63, 3.8) is 0 Å². The molecule has 0 atom stereocenters. The molecule has 0 bridgehead atoms. The van der Waals surface area contributed by atoms with Crippen LogP contribution < -0.4 is 5.43 Å². The minimum Gasteiger partial charge on any atom is -0.316 e. The summed E-state index contributed by atoms with van der Waals surface area (Å²) in [4.78, 5) is 2.23. The Balaban J connectivity index is 2.11. The fourth-order valence-corrected chi connectivity index (χ4v) is 2.25. The molecule has 0 aliphatic carbocycles. The molecule has 18 heavy (non-hydrogen) atoms. The quantitative estimate of drug-likeness (QED) is 0.907. The Morgan fingerprint density at radius 2 is 2.00 bits per heavy atom. The molecular weight excluding hydrogens is 299 g/mol. The monoisotopic (exact) mass is 312 g/mol. The van der Waals surface area contributed by atoms with Crippen LogP contribution in [0.3, 0.4) is 0 Å². The number of nitrogens with zero attached hydrogens (tertiary/aromatic N) is 3. The van der Waals surface area contributed by atoms with Crippen molar-refractivity contribution in [3.8, 4) is 6.07 Å². The lowest BCUT2D eigenvalue weighted by molar-refractivity contribution is 0.178. The molecule has 1 aromatic carbocycles. The third kappa shape index (κ3) is 2.80. The van der Waals surface area contributed by atoms with E-state index in [-0.39, 0.29) is 4.47 Å². The highest BCUT2D eigenvalue weighted by Gasteiger charge is 2.16. The number of anilines is 1. The van der Waals surface area contributed by atoms with E-state index < -0.39 is 5.82 Å². The lowest BCUT2D eigenvalue weighted by Crippen LogP contribution is -2.47. The predicted octanol–water partition coefficient (Wildman–Crippen LogP) is 2.03. The van der Waals surface area contributed by atoms with Gasteiger partial charge < -0.3 is 10.3 Å². The minimum absolute atomic E-state index is 0.212. The van der Waals surface area contributed by atoms with E-state index in [1.165, 1.54) is 0 Å². The van der Waals surface area contributed by atoms with Gasteiger partial charge in [-0.15, -0.1) is 0 Å². The SMILES string of the molecule is CN1CCN(Nc2ccc(C#N)c(Br)c2F)CC1. The number of halogens is 2. The fourth-order valence-electron chi connectivity index (χ4n) is 1.81. The second-order valence-corrected chi connectivity index (χ2v) is 5.10. The zero-order valence-electron chi connectivity index (χ0n) is 10.1. The Bertz CT molecular complexity index is 478. The lowest BCUT2D eigenvalue weighted by atomic mass is 10.2. The maximum atomic E-state index is 14.0. The first-order valence-corrected chi connectivity index (χ1v) is 6.49. The smallest absolute Gasteiger partial charge is 0.163 e.